The summed E-state index contributed by atoms with van der Waals surface area (Å²) >= 11 is 13.0. The molecule has 0 heterocycles. The van der Waals surface area contributed by atoms with Crippen LogP contribution in [0.1, 0.15) is 10.4 Å². The second-order valence-corrected chi connectivity index (χ2v) is 6.37. The minimum absolute atomic E-state index is 0.0391. The van der Waals surface area contributed by atoms with Gasteiger partial charge in [-0.1, -0.05) is 43.5 Å². The standard InChI is InChI=1S/C15H11Br2ClO4/c1-21-12-6-7(10(17)5-8(12)15(20)22-2)13-9(16)3-4-11(19)14(13)18/h3-6,19H,1-2H3. The van der Waals surface area contributed by atoms with Crippen LogP contribution in [-0.4, -0.2) is 25.3 Å². The number of carbonyl (C=O) groups is 1. The average molecular weight is 451 g/mol. The number of benzene rings is 2. The van der Waals surface area contributed by atoms with Crippen molar-refractivity contribution in [2.45, 2.75) is 0 Å². The molecular weight excluding hydrogens is 439 g/mol. The van der Waals surface area contributed by atoms with E-state index in [0.29, 0.717) is 25.8 Å². The van der Waals surface area contributed by atoms with Crippen LogP contribution in [0.4, 0.5) is 0 Å². The van der Waals surface area contributed by atoms with Gasteiger partial charge in [0.15, 0.2) is 0 Å². The second kappa shape index (κ2) is 6.89. The molecule has 0 bridgehead atoms. The summed E-state index contributed by atoms with van der Waals surface area (Å²) in [5, 5.41) is 10.0. The Morgan fingerprint density at radius 1 is 1.18 bits per heavy atom. The minimum Gasteiger partial charge on any atom is -0.506 e. The third-order valence-electron chi connectivity index (χ3n) is 3.03. The Morgan fingerprint density at radius 2 is 1.86 bits per heavy atom. The fraction of sp³-hybridized carbons (Fsp3) is 0.133. The fourth-order valence-corrected chi connectivity index (χ4v) is 3.44. The zero-order valence-electron chi connectivity index (χ0n) is 11.6. The lowest BCUT2D eigenvalue weighted by Crippen LogP contribution is -2.04. The van der Waals surface area contributed by atoms with Gasteiger partial charge in [-0.05, 0) is 24.3 Å². The molecule has 4 nitrogen and oxygen atoms in total. The van der Waals surface area contributed by atoms with Crippen molar-refractivity contribution in [2.24, 2.45) is 0 Å². The molecule has 116 valence electrons. The van der Waals surface area contributed by atoms with Crippen molar-refractivity contribution in [3.63, 3.8) is 0 Å². The van der Waals surface area contributed by atoms with E-state index in [2.05, 4.69) is 31.9 Å². The summed E-state index contributed by atoms with van der Waals surface area (Å²) in [6.45, 7) is 0. The molecule has 0 aliphatic heterocycles. The number of methoxy groups -OCH3 is 2. The van der Waals surface area contributed by atoms with Crippen molar-refractivity contribution < 1.29 is 19.4 Å². The highest BCUT2D eigenvalue weighted by atomic mass is 79.9. The predicted octanol–water partition coefficient (Wildman–Crippen LogP) is 5.03. The molecule has 0 saturated carbocycles. The maximum Gasteiger partial charge on any atom is 0.341 e. The third kappa shape index (κ3) is 3.09. The van der Waals surface area contributed by atoms with E-state index in [9.17, 15) is 9.90 Å². The Bertz CT molecular complexity index is 747. The first kappa shape index (κ1) is 17.1. The first-order valence-corrected chi connectivity index (χ1v) is 8.00. The number of carbonyl (C=O) groups excluding carboxylic acids is 1. The van der Waals surface area contributed by atoms with Crippen molar-refractivity contribution >= 4 is 49.4 Å². The molecule has 0 amide bonds. The van der Waals surface area contributed by atoms with Gasteiger partial charge in [0.2, 0.25) is 0 Å². The van der Waals surface area contributed by atoms with E-state index in [1.807, 2.05) is 0 Å². The summed E-state index contributed by atoms with van der Waals surface area (Å²) < 4.78 is 11.3. The molecule has 0 atom stereocenters. The van der Waals surface area contributed by atoms with Crippen LogP contribution in [0.2, 0.25) is 5.02 Å². The molecule has 22 heavy (non-hydrogen) atoms. The Hall–Kier alpha value is -1.24. The van der Waals surface area contributed by atoms with Crippen LogP contribution in [-0.2, 0) is 4.74 Å². The maximum absolute atomic E-state index is 11.8. The number of halogens is 3. The lowest BCUT2D eigenvalue weighted by atomic mass is 10.0. The smallest absolute Gasteiger partial charge is 0.341 e. The molecule has 0 aliphatic carbocycles. The minimum atomic E-state index is -0.509. The summed E-state index contributed by atoms with van der Waals surface area (Å²) in [6.07, 6.45) is 0. The van der Waals surface area contributed by atoms with Gasteiger partial charge in [-0.15, -0.1) is 0 Å². The van der Waals surface area contributed by atoms with E-state index in [4.69, 9.17) is 21.1 Å². The monoisotopic (exact) mass is 448 g/mol. The maximum atomic E-state index is 11.8. The van der Waals surface area contributed by atoms with Gasteiger partial charge < -0.3 is 14.6 Å². The summed E-state index contributed by atoms with van der Waals surface area (Å²) in [7, 11) is 2.75. The molecule has 2 aromatic carbocycles. The van der Waals surface area contributed by atoms with Crippen molar-refractivity contribution in [1.82, 2.24) is 0 Å². The van der Waals surface area contributed by atoms with Crippen molar-refractivity contribution in [1.29, 1.82) is 0 Å². The lowest BCUT2D eigenvalue weighted by Gasteiger charge is -2.14. The SMILES string of the molecule is COC(=O)c1cc(Br)c(-c2c(Br)ccc(O)c2Cl)cc1OC. The normalized spacial score (nSPS) is 10.4. The van der Waals surface area contributed by atoms with Crippen LogP contribution in [0, 0.1) is 0 Å². The zero-order chi connectivity index (χ0) is 16.4. The molecule has 7 heteroatoms. The Kier molecular flexibility index (Phi) is 5.36. The van der Waals surface area contributed by atoms with E-state index in [0.717, 1.165) is 0 Å². The number of ether oxygens (including phenoxy) is 2. The first-order chi connectivity index (χ1) is 10.4. The highest BCUT2D eigenvalue weighted by molar-refractivity contribution is 9.11. The number of phenols is 1. The van der Waals surface area contributed by atoms with Crippen LogP contribution >= 0.6 is 43.5 Å². The van der Waals surface area contributed by atoms with Crippen molar-refractivity contribution in [3.05, 3.63) is 43.8 Å². The Labute approximate surface area is 149 Å². The molecule has 0 aromatic heterocycles. The molecule has 0 unspecified atom stereocenters. The van der Waals surface area contributed by atoms with E-state index in [1.165, 1.54) is 20.3 Å². The molecular formula is C15H11Br2ClO4. The summed E-state index contributed by atoms with van der Waals surface area (Å²) in [5.41, 5.74) is 1.54. The van der Waals surface area contributed by atoms with Crippen LogP contribution < -0.4 is 4.74 Å². The Balaban J connectivity index is 2.73. The van der Waals surface area contributed by atoms with Crippen LogP contribution in [0.5, 0.6) is 11.5 Å². The van der Waals surface area contributed by atoms with Gasteiger partial charge in [-0.3, -0.25) is 0 Å². The van der Waals surface area contributed by atoms with Gasteiger partial charge >= 0.3 is 5.97 Å². The van der Waals surface area contributed by atoms with Crippen molar-refractivity contribution in [2.75, 3.05) is 14.2 Å². The molecule has 0 aliphatic rings. The van der Waals surface area contributed by atoms with Gasteiger partial charge in [-0.25, -0.2) is 4.79 Å². The summed E-state index contributed by atoms with van der Waals surface area (Å²) in [6, 6.07) is 6.42. The summed E-state index contributed by atoms with van der Waals surface area (Å²) in [5.74, 6) is -0.204. The highest BCUT2D eigenvalue weighted by Crippen LogP contribution is 2.44. The Morgan fingerprint density at radius 3 is 2.45 bits per heavy atom. The number of hydrogen-bond donors (Lipinski definition) is 1. The zero-order valence-corrected chi connectivity index (χ0v) is 15.5. The molecule has 0 fully saturated rings. The van der Waals surface area contributed by atoms with Crippen LogP contribution in [0.3, 0.4) is 0 Å². The van der Waals surface area contributed by atoms with Crippen LogP contribution in [0.25, 0.3) is 11.1 Å². The van der Waals surface area contributed by atoms with E-state index < -0.39 is 5.97 Å². The molecule has 2 rings (SSSR count). The van der Waals surface area contributed by atoms with E-state index in [1.54, 1.807) is 18.2 Å². The summed E-state index contributed by atoms with van der Waals surface area (Å²) in [4.78, 5) is 11.8. The topological polar surface area (TPSA) is 55.8 Å². The molecule has 1 N–H and O–H groups in total. The number of hydrogen-bond acceptors (Lipinski definition) is 4. The van der Waals surface area contributed by atoms with Gasteiger partial charge in [0.1, 0.15) is 17.1 Å². The van der Waals surface area contributed by atoms with Crippen LogP contribution in [0.15, 0.2) is 33.2 Å². The number of phenolic OH excluding ortho intramolecular Hbond substituents is 1. The average Bonchev–Trinajstić information content (AvgIpc) is 2.51. The highest BCUT2D eigenvalue weighted by Gasteiger charge is 2.20. The second-order valence-electron chi connectivity index (χ2n) is 4.28. The first-order valence-electron chi connectivity index (χ1n) is 6.03. The molecule has 2 aromatic rings. The van der Waals surface area contributed by atoms with Gasteiger partial charge in [0.05, 0.1) is 19.2 Å². The van der Waals surface area contributed by atoms with Gasteiger partial charge in [0, 0.05) is 20.1 Å². The van der Waals surface area contributed by atoms with E-state index in [-0.39, 0.29) is 16.3 Å². The van der Waals surface area contributed by atoms with Gasteiger partial charge in [0.25, 0.3) is 0 Å². The van der Waals surface area contributed by atoms with Crippen molar-refractivity contribution in [3.8, 4) is 22.6 Å². The number of esters is 1. The molecule has 0 saturated heterocycles. The number of rotatable bonds is 3. The lowest BCUT2D eigenvalue weighted by molar-refractivity contribution is 0.0597. The quantitative estimate of drug-likeness (QED) is 0.667. The number of aromatic hydroxyl groups is 1. The largest absolute Gasteiger partial charge is 0.506 e. The van der Waals surface area contributed by atoms with E-state index >= 15 is 0 Å². The third-order valence-corrected chi connectivity index (χ3v) is 4.73. The van der Waals surface area contributed by atoms with Gasteiger partial charge in [-0.2, -0.15) is 0 Å². The predicted molar refractivity (Wildman–Crippen MR) is 91.8 cm³/mol. The molecule has 0 spiro atoms. The fourth-order valence-electron chi connectivity index (χ4n) is 1.97. The molecule has 0 radical (unpaired) electrons.